The zero-order chi connectivity index (χ0) is 27.7. The molecule has 0 radical (unpaired) electrons. The van der Waals surface area contributed by atoms with Gasteiger partial charge < -0.3 is 26.2 Å². The van der Waals surface area contributed by atoms with Crippen LogP contribution in [-0.2, 0) is 16.0 Å². The van der Waals surface area contributed by atoms with E-state index < -0.39 is 24.0 Å². The Morgan fingerprint density at radius 2 is 1.76 bits per heavy atom. The first kappa shape index (κ1) is 29.0. The molecule has 0 aliphatic heterocycles. The van der Waals surface area contributed by atoms with Gasteiger partial charge in [0.25, 0.3) is 5.91 Å². The quantitative estimate of drug-likeness (QED) is 0.255. The Hall–Kier alpha value is -3.56. The minimum absolute atomic E-state index is 0.130. The van der Waals surface area contributed by atoms with Crippen molar-refractivity contribution in [1.29, 1.82) is 0 Å². The topological polar surface area (TPSA) is 131 Å². The molecule has 5 N–H and O–H groups in total. The molecule has 0 aromatic heterocycles. The van der Waals surface area contributed by atoms with Crippen LogP contribution in [0.2, 0.25) is 0 Å². The van der Waals surface area contributed by atoms with Gasteiger partial charge in [-0.1, -0.05) is 56.3 Å². The number of aliphatic carboxylic acids is 1. The molecule has 8 nitrogen and oxygen atoms in total. The molecule has 0 spiro atoms. The van der Waals surface area contributed by atoms with Gasteiger partial charge >= 0.3 is 5.97 Å². The molecule has 3 aromatic rings. The van der Waals surface area contributed by atoms with E-state index in [1.807, 2.05) is 62.6 Å². The molecule has 0 bridgehead atoms. The van der Waals surface area contributed by atoms with Crippen LogP contribution in [-0.4, -0.2) is 53.6 Å². The monoisotopic (exact) mass is 537 g/mol. The van der Waals surface area contributed by atoms with Crippen molar-refractivity contribution in [2.45, 2.75) is 38.8 Å². The summed E-state index contributed by atoms with van der Waals surface area (Å²) in [5.74, 6) is -0.745. The van der Waals surface area contributed by atoms with Crippen LogP contribution >= 0.6 is 11.8 Å². The number of carboxylic acid groups (broad SMARTS) is 1. The van der Waals surface area contributed by atoms with Crippen LogP contribution in [0.25, 0.3) is 10.8 Å². The van der Waals surface area contributed by atoms with Gasteiger partial charge in [0.2, 0.25) is 5.91 Å². The molecular formula is C29H35N3O5S. The van der Waals surface area contributed by atoms with Gasteiger partial charge in [0.05, 0.1) is 18.3 Å². The van der Waals surface area contributed by atoms with Crippen molar-refractivity contribution in [2.75, 3.05) is 23.9 Å². The molecule has 0 heterocycles. The molecule has 0 aliphatic carbocycles. The van der Waals surface area contributed by atoms with Crippen molar-refractivity contribution in [3.8, 4) is 5.75 Å². The number of nitrogens with two attached hydrogens (primary N) is 1. The van der Waals surface area contributed by atoms with Crippen LogP contribution in [0.5, 0.6) is 5.75 Å². The van der Waals surface area contributed by atoms with E-state index in [1.54, 1.807) is 17.8 Å². The highest BCUT2D eigenvalue weighted by Crippen LogP contribution is 2.27. The van der Waals surface area contributed by atoms with Gasteiger partial charge in [-0.05, 0) is 58.9 Å². The SMILES string of the molecule is CSCC[C@H](N)C(=O)Nc1ccc(C(=O)N[C@@H](Cc2ccc3ccccc3c2)C(=O)O)cc1OCC(C)C. The molecule has 0 saturated carbocycles. The molecular weight excluding hydrogens is 502 g/mol. The number of carbonyl (C=O) groups is 3. The molecule has 0 saturated heterocycles. The van der Waals surface area contributed by atoms with Crippen molar-refractivity contribution in [3.63, 3.8) is 0 Å². The number of nitrogens with one attached hydrogen (secondary N) is 2. The number of fused-ring (bicyclic) bond motifs is 1. The lowest BCUT2D eigenvalue weighted by Crippen LogP contribution is -2.42. The number of ether oxygens (including phenoxy) is 1. The number of hydrogen-bond acceptors (Lipinski definition) is 6. The van der Waals surface area contributed by atoms with Gasteiger partial charge in [0, 0.05) is 12.0 Å². The minimum Gasteiger partial charge on any atom is -0.491 e. The van der Waals surface area contributed by atoms with Crippen molar-refractivity contribution in [2.24, 2.45) is 11.7 Å². The number of amides is 2. The van der Waals surface area contributed by atoms with E-state index in [0.29, 0.717) is 24.5 Å². The Labute approximate surface area is 227 Å². The van der Waals surface area contributed by atoms with Crippen LogP contribution in [0, 0.1) is 5.92 Å². The average molecular weight is 538 g/mol. The number of hydrogen-bond donors (Lipinski definition) is 4. The van der Waals surface area contributed by atoms with Gasteiger partial charge in [0.15, 0.2) is 0 Å². The maximum atomic E-state index is 13.1. The summed E-state index contributed by atoms with van der Waals surface area (Å²) in [4.78, 5) is 37.6. The first-order valence-corrected chi connectivity index (χ1v) is 13.9. The largest absolute Gasteiger partial charge is 0.491 e. The number of thioether (sulfide) groups is 1. The number of carboxylic acids is 1. The third kappa shape index (κ3) is 8.22. The second-order valence-corrected chi connectivity index (χ2v) is 10.5. The maximum absolute atomic E-state index is 13.1. The zero-order valence-electron chi connectivity index (χ0n) is 21.9. The van der Waals surface area contributed by atoms with E-state index in [2.05, 4.69) is 10.6 Å². The number of carbonyl (C=O) groups excluding carboxylic acids is 2. The lowest BCUT2D eigenvalue weighted by atomic mass is 10.0. The van der Waals surface area contributed by atoms with E-state index in [4.69, 9.17) is 10.5 Å². The van der Waals surface area contributed by atoms with Crippen molar-refractivity contribution < 1.29 is 24.2 Å². The molecule has 9 heteroatoms. The standard InChI is InChI=1S/C29H35N3O5S/c1-18(2)17-37-26-16-22(10-11-24(26)31-28(34)23(30)12-13-38-3)27(33)32-25(29(35)36)15-19-8-9-20-6-4-5-7-21(20)14-19/h4-11,14,16,18,23,25H,12-13,15,17,30H2,1-3H3,(H,31,34)(H,32,33)(H,35,36)/t23-,25-/m0/s1. The molecule has 38 heavy (non-hydrogen) atoms. The van der Waals surface area contributed by atoms with Crippen LogP contribution in [0.4, 0.5) is 5.69 Å². The second kappa shape index (κ2) is 13.8. The summed E-state index contributed by atoms with van der Waals surface area (Å²) in [6, 6.07) is 16.3. The van der Waals surface area contributed by atoms with Gasteiger partial charge in [0.1, 0.15) is 11.8 Å². The summed E-state index contributed by atoms with van der Waals surface area (Å²) < 4.78 is 5.88. The smallest absolute Gasteiger partial charge is 0.326 e. The highest BCUT2D eigenvalue weighted by atomic mass is 32.2. The summed E-state index contributed by atoms with van der Waals surface area (Å²) in [5, 5.41) is 17.3. The first-order chi connectivity index (χ1) is 18.2. The molecule has 3 aromatic carbocycles. The van der Waals surface area contributed by atoms with E-state index in [1.165, 1.54) is 12.1 Å². The van der Waals surface area contributed by atoms with Gasteiger partial charge in [-0.2, -0.15) is 11.8 Å². The second-order valence-electron chi connectivity index (χ2n) is 9.54. The van der Waals surface area contributed by atoms with E-state index in [0.717, 1.165) is 22.1 Å². The molecule has 0 fully saturated rings. The van der Waals surface area contributed by atoms with E-state index >= 15 is 0 Å². The van der Waals surface area contributed by atoms with Crippen molar-refractivity contribution in [1.82, 2.24) is 5.32 Å². The maximum Gasteiger partial charge on any atom is 0.326 e. The first-order valence-electron chi connectivity index (χ1n) is 12.5. The number of benzene rings is 3. The summed E-state index contributed by atoms with van der Waals surface area (Å²) >= 11 is 1.61. The van der Waals surface area contributed by atoms with Crippen molar-refractivity contribution in [3.05, 3.63) is 71.8 Å². The number of anilines is 1. The highest BCUT2D eigenvalue weighted by molar-refractivity contribution is 7.98. The number of rotatable bonds is 13. The minimum atomic E-state index is -1.13. The fourth-order valence-corrected chi connectivity index (χ4v) is 4.28. The van der Waals surface area contributed by atoms with Crippen LogP contribution in [0.15, 0.2) is 60.7 Å². The summed E-state index contributed by atoms with van der Waals surface area (Å²) in [6.45, 7) is 4.33. The zero-order valence-corrected chi connectivity index (χ0v) is 22.7. The lowest BCUT2D eigenvalue weighted by molar-refractivity contribution is -0.139. The Morgan fingerprint density at radius 3 is 2.45 bits per heavy atom. The summed E-state index contributed by atoms with van der Waals surface area (Å²) in [7, 11) is 0. The Kier molecular flexibility index (Phi) is 10.6. The normalized spacial score (nSPS) is 12.7. The van der Waals surface area contributed by atoms with Crippen LogP contribution in [0.3, 0.4) is 0 Å². The van der Waals surface area contributed by atoms with E-state index in [-0.39, 0.29) is 23.8 Å². The molecule has 0 unspecified atom stereocenters. The van der Waals surface area contributed by atoms with Gasteiger partial charge in [-0.25, -0.2) is 4.79 Å². The predicted octanol–water partition coefficient (Wildman–Crippen LogP) is 4.32. The fourth-order valence-electron chi connectivity index (χ4n) is 3.79. The third-order valence-corrected chi connectivity index (χ3v) is 6.54. The average Bonchev–Trinajstić information content (AvgIpc) is 2.90. The van der Waals surface area contributed by atoms with Crippen LogP contribution in [0.1, 0.15) is 36.2 Å². The van der Waals surface area contributed by atoms with Gasteiger partial charge in [-0.15, -0.1) is 0 Å². The molecule has 3 rings (SSSR count). The van der Waals surface area contributed by atoms with E-state index in [9.17, 15) is 19.5 Å². The third-order valence-electron chi connectivity index (χ3n) is 5.90. The molecule has 0 aliphatic rings. The molecule has 202 valence electrons. The Morgan fingerprint density at radius 1 is 1.03 bits per heavy atom. The lowest BCUT2D eigenvalue weighted by Gasteiger charge is -2.18. The molecule has 2 amide bonds. The fraction of sp³-hybridized carbons (Fsp3) is 0.345. The van der Waals surface area contributed by atoms with Crippen LogP contribution < -0.4 is 21.1 Å². The van der Waals surface area contributed by atoms with Crippen molar-refractivity contribution >= 4 is 46.0 Å². The van der Waals surface area contributed by atoms with Gasteiger partial charge in [-0.3, -0.25) is 9.59 Å². The highest BCUT2D eigenvalue weighted by Gasteiger charge is 2.23. The Bertz CT molecular complexity index is 1280. The molecule has 2 atom stereocenters. The summed E-state index contributed by atoms with van der Waals surface area (Å²) in [5.41, 5.74) is 7.41. The predicted molar refractivity (Wildman–Crippen MR) is 153 cm³/mol. The summed E-state index contributed by atoms with van der Waals surface area (Å²) in [6.07, 6.45) is 2.61. The Balaban J connectivity index is 1.77.